The van der Waals surface area contributed by atoms with Gasteiger partial charge in [0.05, 0.1) is 32.0 Å². The number of carbonyl (C=O) groups is 1. The molecule has 1 saturated heterocycles. The summed E-state index contributed by atoms with van der Waals surface area (Å²) in [5.41, 5.74) is 7.63. The third-order valence-electron chi connectivity index (χ3n) is 7.75. The number of aliphatic hydroxyl groups is 1. The Kier molecular flexibility index (Phi) is 15.3. The molecule has 4 N–H and O–H groups in total. The largest absolute Gasteiger partial charge is 0.493 e. The maximum Gasteiger partial charge on any atom is 0.222 e. The number of hydrogen-bond donors (Lipinski definition) is 3. The zero-order valence-electron chi connectivity index (χ0n) is 25.9. The number of methoxy groups -OCH3 is 2. The third-order valence-corrected chi connectivity index (χ3v) is 7.75. The minimum Gasteiger partial charge on any atom is -0.493 e. The Hall–Kier alpha value is -1.91. The van der Waals surface area contributed by atoms with Crippen molar-refractivity contribution in [2.75, 3.05) is 53.6 Å². The molecule has 0 spiro atoms. The molecule has 0 unspecified atom stereocenters. The van der Waals surface area contributed by atoms with Crippen molar-refractivity contribution in [3.05, 3.63) is 23.8 Å². The first-order valence-electron chi connectivity index (χ1n) is 14.9. The lowest BCUT2D eigenvalue weighted by Crippen LogP contribution is -2.48. The molecular formula is C31H55N3O6. The average molecular weight is 566 g/mol. The number of ether oxygens (including phenoxy) is 4. The number of nitrogens with one attached hydrogen (secondary N) is 1. The van der Waals surface area contributed by atoms with Crippen LogP contribution in [0.15, 0.2) is 18.2 Å². The van der Waals surface area contributed by atoms with Crippen LogP contribution in [0.5, 0.6) is 11.5 Å². The quantitative estimate of drug-likeness (QED) is 0.232. The van der Waals surface area contributed by atoms with Crippen LogP contribution in [-0.4, -0.2) is 93.9 Å². The second-order valence-electron chi connectivity index (χ2n) is 11.8. The Morgan fingerprint density at radius 3 is 2.45 bits per heavy atom. The van der Waals surface area contributed by atoms with Crippen molar-refractivity contribution in [1.82, 2.24) is 10.2 Å². The van der Waals surface area contributed by atoms with E-state index >= 15 is 0 Å². The van der Waals surface area contributed by atoms with Gasteiger partial charge in [-0.15, -0.1) is 0 Å². The fourth-order valence-corrected chi connectivity index (χ4v) is 5.37. The van der Waals surface area contributed by atoms with E-state index < -0.39 is 12.1 Å². The van der Waals surface area contributed by atoms with Crippen LogP contribution in [0.2, 0.25) is 0 Å². The Bertz CT molecular complexity index is 859. The maximum atomic E-state index is 12.7. The highest BCUT2D eigenvalue weighted by molar-refractivity contribution is 5.78. The van der Waals surface area contributed by atoms with Crippen molar-refractivity contribution in [1.29, 1.82) is 0 Å². The van der Waals surface area contributed by atoms with Gasteiger partial charge >= 0.3 is 0 Å². The van der Waals surface area contributed by atoms with E-state index in [1.54, 1.807) is 14.2 Å². The SMILES string of the molecule is COCCCOc1cc(C[C@@H](C[C@H](N)[C@@H](O)C[C@@H](C)C(=O)NCCN2C[C@@H](C)O[C@@H](C)C2)C(C)C)ccc1OC. The molecule has 1 heterocycles. The van der Waals surface area contributed by atoms with E-state index in [1.165, 1.54) is 0 Å². The maximum absolute atomic E-state index is 12.7. The van der Waals surface area contributed by atoms with Crippen LogP contribution in [0.1, 0.15) is 59.4 Å². The zero-order valence-corrected chi connectivity index (χ0v) is 25.9. The highest BCUT2D eigenvalue weighted by atomic mass is 16.5. The molecule has 1 aliphatic heterocycles. The molecule has 40 heavy (non-hydrogen) atoms. The van der Waals surface area contributed by atoms with Crippen molar-refractivity contribution < 1.29 is 28.8 Å². The molecule has 0 radical (unpaired) electrons. The normalized spacial score (nSPS) is 21.1. The number of rotatable bonds is 18. The number of morpholine rings is 1. The Morgan fingerprint density at radius 1 is 1.12 bits per heavy atom. The number of amides is 1. The molecule has 230 valence electrons. The fourth-order valence-electron chi connectivity index (χ4n) is 5.37. The van der Waals surface area contributed by atoms with Gasteiger partial charge in [0.2, 0.25) is 5.91 Å². The van der Waals surface area contributed by atoms with Gasteiger partial charge in [0, 0.05) is 58.3 Å². The van der Waals surface area contributed by atoms with E-state index in [1.807, 2.05) is 19.1 Å². The van der Waals surface area contributed by atoms with Gasteiger partial charge in [0.15, 0.2) is 11.5 Å². The van der Waals surface area contributed by atoms with Crippen molar-refractivity contribution >= 4 is 5.91 Å². The van der Waals surface area contributed by atoms with E-state index in [0.29, 0.717) is 44.3 Å². The minimum atomic E-state index is -0.751. The van der Waals surface area contributed by atoms with Crippen LogP contribution in [-0.2, 0) is 20.7 Å². The highest BCUT2D eigenvalue weighted by Crippen LogP contribution is 2.31. The average Bonchev–Trinajstić information content (AvgIpc) is 2.90. The van der Waals surface area contributed by atoms with Gasteiger partial charge in [0.1, 0.15) is 0 Å². The van der Waals surface area contributed by atoms with Crippen molar-refractivity contribution in [3.63, 3.8) is 0 Å². The topological polar surface area (TPSA) is 116 Å². The molecule has 0 aliphatic carbocycles. The number of nitrogens with two attached hydrogens (primary N) is 1. The first kappa shape index (κ1) is 34.3. The van der Waals surface area contributed by atoms with Gasteiger partial charge in [-0.05, 0) is 62.6 Å². The number of nitrogens with zero attached hydrogens (tertiary/aromatic N) is 1. The predicted molar refractivity (Wildman–Crippen MR) is 159 cm³/mol. The second-order valence-corrected chi connectivity index (χ2v) is 11.8. The standard InChI is InChI=1S/C31H55N3O6/c1-21(2)26(16-25-9-10-29(38-7)30(17-25)39-14-8-13-37-6)18-27(32)28(35)15-22(3)31(36)33-11-12-34-19-23(4)40-24(5)20-34/h9-10,17,21-24,26-28,35H,8,11-16,18-20,32H2,1-7H3,(H,33,36)/t22-,23-,24+,26+,27+,28+/m1/s1. The minimum absolute atomic E-state index is 0.0442. The molecule has 1 aromatic carbocycles. The molecule has 1 amide bonds. The van der Waals surface area contributed by atoms with Crippen LogP contribution >= 0.6 is 0 Å². The molecule has 2 rings (SSSR count). The molecule has 6 atom stereocenters. The molecule has 0 saturated carbocycles. The molecule has 9 nitrogen and oxygen atoms in total. The molecule has 1 aliphatic rings. The summed E-state index contributed by atoms with van der Waals surface area (Å²) in [6, 6.07) is 5.62. The second kappa shape index (κ2) is 17.8. The number of hydrogen-bond acceptors (Lipinski definition) is 8. The van der Waals surface area contributed by atoms with Gasteiger partial charge in [-0.25, -0.2) is 0 Å². The van der Waals surface area contributed by atoms with Crippen molar-refractivity contribution in [3.8, 4) is 11.5 Å². The number of aliphatic hydroxyl groups excluding tert-OH is 1. The first-order chi connectivity index (χ1) is 19.0. The van der Waals surface area contributed by atoms with E-state index in [-0.39, 0.29) is 30.0 Å². The fraction of sp³-hybridized carbons (Fsp3) is 0.774. The Morgan fingerprint density at radius 2 is 1.82 bits per heavy atom. The van der Waals surface area contributed by atoms with Crippen molar-refractivity contribution in [2.45, 2.75) is 84.7 Å². The molecule has 0 bridgehead atoms. The lowest BCUT2D eigenvalue weighted by Gasteiger charge is -2.35. The van der Waals surface area contributed by atoms with Gasteiger partial charge in [-0.1, -0.05) is 26.8 Å². The lowest BCUT2D eigenvalue weighted by molar-refractivity contribution is -0.125. The van der Waals surface area contributed by atoms with Gasteiger partial charge in [0.25, 0.3) is 0 Å². The third kappa shape index (κ3) is 11.9. The first-order valence-corrected chi connectivity index (χ1v) is 14.9. The van der Waals surface area contributed by atoms with E-state index in [0.717, 1.165) is 43.8 Å². The van der Waals surface area contributed by atoms with E-state index in [9.17, 15) is 9.90 Å². The Labute approximate surface area is 242 Å². The van der Waals surface area contributed by atoms with Crippen LogP contribution in [0.4, 0.5) is 0 Å². The van der Waals surface area contributed by atoms with Crippen LogP contribution in [0.25, 0.3) is 0 Å². The molecule has 0 aromatic heterocycles. The van der Waals surface area contributed by atoms with Gasteiger partial charge < -0.3 is 35.1 Å². The van der Waals surface area contributed by atoms with Gasteiger partial charge in [-0.2, -0.15) is 0 Å². The van der Waals surface area contributed by atoms with Crippen LogP contribution in [0, 0.1) is 17.8 Å². The number of carbonyl (C=O) groups excluding carboxylic acids is 1. The van der Waals surface area contributed by atoms with Crippen LogP contribution < -0.4 is 20.5 Å². The summed E-state index contributed by atoms with van der Waals surface area (Å²) in [6.45, 7) is 14.7. The molecule has 1 fully saturated rings. The summed E-state index contributed by atoms with van der Waals surface area (Å²) in [5, 5.41) is 13.9. The summed E-state index contributed by atoms with van der Waals surface area (Å²) < 4.78 is 22.3. The lowest BCUT2D eigenvalue weighted by atomic mass is 9.82. The summed E-state index contributed by atoms with van der Waals surface area (Å²) in [5.74, 6) is 1.70. The Balaban J connectivity index is 1.85. The summed E-state index contributed by atoms with van der Waals surface area (Å²) in [7, 11) is 3.32. The van der Waals surface area contributed by atoms with Gasteiger partial charge in [-0.3, -0.25) is 9.69 Å². The van der Waals surface area contributed by atoms with E-state index in [4.69, 9.17) is 24.7 Å². The zero-order chi connectivity index (χ0) is 29.7. The molecule has 1 aromatic rings. The molecular weight excluding hydrogens is 510 g/mol. The summed E-state index contributed by atoms with van der Waals surface area (Å²) >= 11 is 0. The highest BCUT2D eigenvalue weighted by Gasteiger charge is 2.27. The van der Waals surface area contributed by atoms with E-state index in [2.05, 4.69) is 44.0 Å². The predicted octanol–water partition coefficient (Wildman–Crippen LogP) is 3.26. The summed E-state index contributed by atoms with van der Waals surface area (Å²) in [6.07, 6.45) is 2.27. The van der Waals surface area contributed by atoms with Crippen molar-refractivity contribution in [2.24, 2.45) is 23.5 Å². The molecule has 9 heteroatoms. The smallest absolute Gasteiger partial charge is 0.222 e. The number of benzene rings is 1. The monoisotopic (exact) mass is 565 g/mol. The summed E-state index contributed by atoms with van der Waals surface area (Å²) in [4.78, 5) is 15.0. The van der Waals surface area contributed by atoms with Crippen LogP contribution in [0.3, 0.4) is 0 Å².